The number of carbonyl (C=O) groups is 2. The Labute approximate surface area is 188 Å². The van der Waals surface area contributed by atoms with Crippen LogP contribution in [0.1, 0.15) is 37.2 Å². The maximum atomic E-state index is 12.7. The topological polar surface area (TPSA) is 97.6 Å². The second-order valence-corrected chi connectivity index (χ2v) is 8.38. The number of amides is 1. The molecule has 0 spiro atoms. The highest BCUT2D eigenvalue weighted by Crippen LogP contribution is 2.36. The van der Waals surface area contributed by atoms with E-state index in [1.807, 2.05) is 38.2 Å². The summed E-state index contributed by atoms with van der Waals surface area (Å²) in [5.74, 6) is -0.0431. The summed E-state index contributed by atoms with van der Waals surface area (Å²) in [6, 6.07) is 14.5. The summed E-state index contributed by atoms with van der Waals surface area (Å²) in [7, 11) is 3.28. The molecule has 4 rings (SSSR count). The quantitative estimate of drug-likeness (QED) is 0.420. The fourth-order valence-electron chi connectivity index (χ4n) is 3.33. The molecule has 1 amide bonds. The van der Waals surface area contributed by atoms with Crippen molar-refractivity contribution in [3.63, 3.8) is 0 Å². The first-order chi connectivity index (χ1) is 15.4. The number of aryl methyl sites for hydroxylation is 1. The van der Waals surface area contributed by atoms with Crippen molar-refractivity contribution in [1.82, 2.24) is 15.0 Å². The summed E-state index contributed by atoms with van der Waals surface area (Å²) in [6.07, 6.45) is 0. The van der Waals surface area contributed by atoms with Gasteiger partial charge >= 0.3 is 5.97 Å². The van der Waals surface area contributed by atoms with Gasteiger partial charge in [0, 0.05) is 23.6 Å². The van der Waals surface area contributed by atoms with Crippen LogP contribution in [-0.4, -0.2) is 41.1 Å². The van der Waals surface area contributed by atoms with Crippen LogP contribution in [0.2, 0.25) is 0 Å². The minimum absolute atomic E-state index is 0.304. The van der Waals surface area contributed by atoms with Crippen LogP contribution in [0.3, 0.4) is 0 Å². The Morgan fingerprint density at radius 1 is 1.16 bits per heavy atom. The van der Waals surface area contributed by atoms with Gasteiger partial charge in [0.15, 0.2) is 5.76 Å². The number of pyridine rings is 1. The summed E-state index contributed by atoms with van der Waals surface area (Å²) in [4.78, 5) is 32.8. The molecule has 9 heteroatoms. The molecular formula is C23H22N4O4S. The Kier molecular flexibility index (Phi) is 6.29. The molecule has 0 saturated carbocycles. The molecule has 8 nitrogen and oxygen atoms in total. The second kappa shape index (κ2) is 9.29. The number of hydrogen-bond acceptors (Lipinski definition) is 8. The van der Waals surface area contributed by atoms with Gasteiger partial charge in [0.05, 0.1) is 30.7 Å². The molecule has 32 heavy (non-hydrogen) atoms. The SMILES string of the molecule is COC(=O)c1sc2nc(CN(C)Cc3cc(C)no3)ccc2c1NC(=O)c1ccccc1. The highest BCUT2D eigenvalue weighted by Gasteiger charge is 2.22. The van der Waals surface area contributed by atoms with E-state index < -0.39 is 5.97 Å². The molecule has 3 aromatic heterocycles. The van der Waals surface area contributed by atoms with Gasteiger partial charge in [0.2, 0.25) is 0 Å². The van der Waals surface area contributed by atoms with Gasteiger partial charge in [-0.3, -0.25) is 9.69 Å². The van der Waals surface area contributed by atoms with Crippen molar-refractivity contribution >= 4 is 39.1 Å². The maximum absolute atomic E-state index is 12.7. The van der Waals surface area contributed by atoms with E-state index in [9.17, 15) is 9.59 Å². The molecule has 0 aliphatic rings. The Balaban J connectivity index is 1.60. The zero-order chi connectivity index (χ0) is 22.7. The zero-order valence-corrected chi connectivity index (χ0v) is 18.7. The van der Waals surface area contributed by atoms with Crippen LogP contribution in [0.4, 0.5) is 5.69 Å². The van der Waals surface area contributed by atoms with E-state index in [1.54, 1.807) is 24.3 Å². The molecule has 1 N–H and O–H groups in total. The standard InChI is InChI=1S/C23H22N4O4S/c1-14-11-17(31-26-14)13-27(2)12-16-9-10-18-19(20(23(29)30-3)32-22(18)24-16)25-21(28)15-7-5-4-6-8-15/h4-11H,12-13H2,1-3H3,(H,25,28). The fraction of sp³-hybridized carbons (Fsp3) is 0.217. The molecule has 0 aliphatic heterocycles. The predicted octanol–water partition coefficient (Wildman–Crippen LogP) is 4.26. The molecule has 4 aromatic rings. The molecular weight excluding hydrogens is 428 g/mol. The summed E-state index contributed by atoms with van der Waals surface area (Å²) in [6.45, 7) is 3.05. The number of carbonyl (C=O) groups excluding carboxylic acids is 2. The van der Waals surface area contributed by atoms with Crippen LogP contribution in [-0.2, 0) is 17.8 Å². The average Bonchev–Trinajstić information content (AvgIpc) is 3.36. The lowest BCUT2D eigenvalue weighted by molar-refractivity contribution is 0.0607. The molecule has 164 valence electrons. The van der Waals surface area contributed by atoms with Gasteiger partial charge in [0.25, 0.3) is 5.91 Å². The summed E-state index contributed by atoms with van der Waals surface area (Å²) >= 11 is 1.19. The van der Waals surface area contributed by atoms with Crippen molar-refractivity contribution < 1.29 is 18.8 Å². The third-order valence-corrected chi connectivity index (χ3v) is 5.87. The normalized spacial score (nSPS) is 11.1. The van der Waals surface area contributed by atoms with Crippen molar-refractivity contribution in [2.75, 3.05) is 19.5 Å². The van der Waals surface area contributed by atoms with Gasteiger partial charge in [-0.25, -0.2) is 9.78 Å². The number of methoxy groups -OCH3 is 1. The molecule has 1 aromatic carbocycles. The Morgan fingerprint density at radius 2 is 1.94 bits per heavy atom. The minimum atomic E-state index is -0.518. The van der Waals surface area contributed by atoms with Gasteiger partial charge < -0.3 is 14.6 Å². The summed E-state index contributed by atoms with van der Waals surface area (Å²) in [5, 5.41) is 7.46. The van der Waals surface area contributed by atoms with Crippen LogP contribution in [0.15, 0.2) is 53.1 Å². The van der Waals surface area contributed by atoms with Crippen LogP contribution in [0.5, 0.6) is 0 Å². The molecule has 0 atom stereocenters. The Bertz CT molecular complexity index is 1270. The lowest BCUT2D eigenvalue weighted by Crippen LogP contribution is -2.17. The lowest BCUT2D eigenvalue weighted by atomic mass is 10.2. The largest absolute Gasteiger partial charge is 0.465 e. The first kappa shape index (κ1) is 21.7. The number of rotatable bonds is 7. The maximum Gasteiger partial charge on any atom is 0.350 e. The van der Waals surface area contributed by atoms with Gasteiger partial charge in [0.1, 0.15) is 9.71 Å². The van der Waals surface area contributed by atoms with Crippen LogP contribution >= 0.6 is 11.3 Å². The Morgan fingerprint density at radius 3 is 2.62 bits per heavy atom. The van der Waals surface area contributed by atoms with E-state index in [1.165, 1.54) is 18.4 Å². The predicted molar refractivity (Wildman–Crippen MR) is 122 cm³/mol. The van der Waals surface area contributed by atoms with Crippen molar-refractivity contribution in [1.29, 1.82) is 0 Å². The number of aromatic nitrogens is 2. The summed E-state index contributed by atoms with van der Waals surface area (Å²) in [5.41, 5.74) is 2.58. The Hall–Kier alpha value is -3.56. The number of esters is 1. The highest BCUT2D eigenvalue weighted by molar-refractivity contribution is 7.21. The molecule has 0 saturated heterocycles. The van der Waals surface area contributed by atoms with Crippen LogP contribution < -0.4 is 5.32 Å². The van der Waals surface area contributed by atoms with E-state index in [2.05, 4.69) is 15.4 Å². The van der Waals surface area contributed by atoms with E-state index in [0.717, 1.165) is 17.1 Å². The fourth-order valence-corrected chi connectivity index (χ4v) is 4.40. The number of thiophene rings is 1. The van der Waals surface area contributed by atoms with E-state index in [4.69, 9.17) is 14.2 Å². The van der Waals surface area contributed by atoms with E-state index >= 15 is 0 Å². The summed E-state index contributed by atoms with van der Waals surface area (Å²) < 4.78 is 10.2. The van der Waals surface area contributed by atoms with Gasteiger partial charge in [-0.1, -0.05) is 23.4 Å². The minimum Gasteiger partial charge on any atom is -0.465 e. The average molecular weight is 451 g/mol. The molecule has 0 bridgehead atoms. The molecule has 0 aliphatic carbocycles. The second-order valence-electron chi connectivity index (χ2n) is 7.38. The smallest absolute Gasteiger partial charge is 0.350 e. The van der Waals surface area contributed by atoms with Crippen molar-refractivity contribution in [2.24, 2.45) is 0 Å². The number of anilines is 1. The van der Waals surface area contributed by atoms with Crippen LogP contribution in [0.25, 0.3) is 10.2 Å². The molecule has 0 radical (unpaired) electrons. The first-order valence-corrected chi connectivity index (χ1v) is 10.7. The number of nitrogens with zero attached hydrogens (tertiary/aromatic N) is 3. The van der Waals surface area contributed by atoms with Gasteiger partial charge in [-0.2, -0.15) is 0 Å². The third-order valence-electron chi connectivity index (χ3n) is 4.79. The van der Waals surface area contributed by atoms with Crippen molar-refractivity contribution in [3.8, 4) is 0 Å². The van der Waals surface area contributed by atoms with Crippen LogP contribution in [0, 0.1) is 6.92 Å². The van der Waals surface area contributed by atoms with Crippen molar-refractivity contribution in [3.05, 3.63) is 76.1 Å². The highest BCUT2D eigenvalue weighted by atomic mass is 32.1. The van der Waals surface area contributed by atoms with Crippen molar-refractivity contribution in [2.45, 2.75) is 20.0 Å². The number of hydrogen-bond donors (Lipinski definition) is 1. The third kappa shape index (κ3) is 4.68. The number of fused-ring (bicyclic) bond motifs is 1. The number of benzene rings is 1. The van der Waals surface area contributed by atoms with Gasteiger partial charge in [-0.05, 0) is 38.2 Å². The van der Waals surface area contributed by atoms with Gasteiger partial charge in [-0.15, -0.1) is 11.3 Å². The first-order valence-electron chi connectivity index (χ1n) is 9.92. The number of ether oxygens (including phenoxy) is 1. The monoisotopic (exact) mass is 450 g/mol. The molecule has 0 fully saturated rings. The molecule has 3 heterocycles. The number of nitrogens with one attached hydrogen (secondary N) is 1. The van der Waals surface area contributed by atoms with E-state index in [-0.39, 0.29) is 5.91 Å². The lowest BCUT2D eigenvalue weighted by Gasteiger charge is -2.14. The van der Waals surface area contributed by atoms with E-state index in [0.29, 0.717) is 39.4 Å². The zero-order valence-electron chi connectivity index (χ0n) is 17.9. The molecule has 0 unspecified atom stereocenters.